The largest absolute Gasteiger partial charge is 0.465 e. The second kappa shape index (κ2) is 6.23. The third-order valence-electron chi connectivity index (χ3n) is 1.65. The fourth-order valence-electron chi connectivity index (χ4n) is 0.998. The van der Waals surface area contributed by atoms with Crippen LogP contribution in [0.3, 0.4) is 0 Å². The zero-order valence-corrected chi connectivity index (χ0v) is 9.26. The van der Waals surface area contributed by atoms with E-state index in [1.165, 1.54) is 11.3 Å². The lowest BCUT2D eigenvalue weighted by Crippen LogP contribution is -2.01. The Kier molecular flexibility index (Phi) is 4.88. The molecule has 1 rings (SSSR count). The molecular weight excluding hydrogens is 212 g/mol. The smallest absolute Gasteiger partial charge is 0.317 e. The molecule has 0 aromatic carbocycles. The first-order valence-corrected chi connectivity index (χ1v) is 5.47. The van der Waals surface area contributed by atoms with Gasteiger partial charge in [-0.2, -0.15) is 0 Å². The monoisotopic (exact) mass is 224 g/mol. The van der Waals surface area contributed by atoms with Gasteiger partial charge in [0.15, 0.2) is 0 Å². The molecule has 1 N–H and O–H groups in total. The topological polar surface area (TPSA) is 46.5 Å². The van der Waals surface area contributed by atoms with Crippen LogP contribution in [0.25, 0.3) is 0 Å². The molecular formula is C11H12O3S. The van der Waals surface area contributed by atoms with Crippen LogP contribution in [0.1, 0.15) is 23.8 Å². The standard InChI is InChI=1S/C11H12O3S/c1-2-14-11(13)5-3-4-9-6-7-15-10(9)8-12/h6-7,12H,2,5,8H2,1H3. The average molecular weight is 224 g/mol. The molecule has 0 unspecified atom stereocenters. The first-order chi connectivity index (χ1) is 7.27. The fourth-order valence-corrected chi connectivity index (χ4v) is 1.69. The predicted molar refractivity (Wildman–Crippen MR) is 58.4 cm³/mol. The highest BCUT2D eigenvalue weighted by molar-refractivity contribution is 7.10. The molecule has 1 aromatic rings. The molecule has 0 saturated carbocycles. The zero-order valence-electron chi connectivity index (χ0n) is 8.45. The Hall–Kier alpha value is -1.31. The molecule has 0 fully saturated rings. The van der Waals surface area contributed by atoms with E-state index < -0.39 is 0 Å². The van der Waals surface area contributed by atoms with Crippen molar-refractivity contribution in [2.24, 2.45) is 0 Å². The molecule has 1 heterocycles. The van der Waals surface area contributed by atoms with E-state index in [0.717, 1.165) is 10.4 Å². The summed E-state index contributed by atoms with van der Waals surface area (Å²) in [5, 5.41) is 10.8. The van der Waals surface area contributed by atoms with Crippen LogP contribution in [-0.2, 0) is 16.1 Å². The average Bonchev–Trinajstić information content (AvgIpc) is 2.66. The number of carbonyl (C=O) groups excluding carboxylic acids is 1. The number of thiophene rings is 1. The molecule has 0 aliphatic rings. The van der Waals surface area contributed by atoms with E-state index in [9.17, 15) is 4.79 Å². The first-order valence-electron chi connectivity index (χ1n) is 4.59. The SMILES string of the molecule is CCOC(=O)CC#Cc1ccsc1CO. The van der Waals surface area contributed by atoms with E-state index in [1.807, 2.05) is 11.4 Å². The lowest BCUT2D eigenvalue weighted by Gasteiger charge is -1.94. The summed E-state index contributed by atoms with van der Waals surface area (Å²) in [5.74, 6) is 5.24. The minimum atomic E-state index is -0.314. The number of esters is 1. The van der Waals surface area contributed by atoms with Crippen molar-refractivity contribution in [1.82, 2.24) is 0 Å². The Bertz CT molecular complexity index is 384. The lowest BCUT2D eigenvalue weighted by molar-refractivity contribution is -0.141. The van der Waals surface area contributed by atoms with Gasteiger partial charge in [-0.3, -0.25) is 4.79 Å². The van der Waals surface area contributed by atoms with Gasteiger partial charge in [0, 0.05) is 10.4 Å². The van der Waals surface area contributed by atoms with Crippen LogP contribution in [0, 0.1) is 11.8 Å². The van der Waals surface area contributed by atoms with Gasteiger partial charge < -0.3 is 9.84 Å². The summed E-state index contributed by atoms with van der Waals surface area (Å²) in [5.41, 5.74) is 0.784. The van der Waals surface area contributed by atoms with Crippen LogP contribution in [-0.4, -0.2) is 17.7 Å². The van der Waals surface area contributed by atoms with Crippen LogP contribution in [0.2, 0.25) is 0 Å². The molecule has 3 nitrogen and oxygen atoms in total. The van der Waals surface area contributed by atoms with Crippen LogP contribution in [0.4, 0.5) is 0 Å². The zero-order chi connectivity index (χ0) is 11.1. The quantitative estimate of drug-likeness (QED) is 0.626. The highest BCUT2D eigenvalue weighted by Crippen LogP contribution is 2.15. The van der Waals surface area contributed by atoms with Crippen molar-refractivity contribution in [3.05, 3.63) is 21.9 Å². The molecule has 0 aliphatic carbocycles. The number of carbonyl (C=O) groups is 1. The number of hydrogen-bond donors (Lipinski definition) is 1. The fraction of sp³-hybridized carbons (Fsp3) is 0.364. The van der Waals surface area contributed by atoms with Crippen molar-refractivity contribution in [2.75, 3.05) is 6.61 Å². The molecule has 0 bridgehead atoms. The maximum Gasteiger partial charge on any atom is 0.317 e. The molecule has 0 atom stereocenters. The maximum atomic E-state index is 11.0. The van der Waals surface area contributed by atoms with Gasteiger partial charge in [-0.15, -0.1) is 11.3 Å². The van der Waals surface area contributed by atoms with E-state index in [0.29, 0.717) is 6.61 Å². The second-order valence-corrected chi connectivity index (χ2v) is 3.70. The third-order valence-corrected chi connectivity index (χ3v) is 2.56. The van der Waals surface area contributed by atoms with E-state index >= 15 is 0 Å². The van der Waals surface area contributed by atoms with Crippen molar-refractivity contribution in [2.45, 2.75) is 20.0 Å². The van der Waals surface area contributed by atoms with Gasteiger partial charge >= 0.3 is 5.97 Å². The lowest BCUT2D eigenvalue weighted by atomic mass is 10.2. The Labute approximate surface area is 92.7 Å². The van der Waals surface area contributed by atoms with Crippen molar-refractivity contribution >= 4 is 17.3 Å². The molecule has 0 spiro atoms. The summed E-state index contributed by atoms with van der Waals surface area (Å²) in [7, 11) is 0. The molecule has 15 heavy (non-hydrogen) atoms. The van der Waals surface area contributed by atoms with Gasteiger partial charge in [0.2, 0.25) is 0 Å². The predicted octanol–water partition coefficient (Wildman–Crippen LogP) is 1.55. The highest BCUT2D eigenvalue weighted by atomic mass is 32.1. The Morgan fingerprint density at radius 3 is 3.13 bits per heavy atom. The summed E-state index contributed by atoms with van der Waals surface area (Å²) in [4.78, 5) is 11.8. The molecule has 4 heteroatoms. The number of aliphatic hydroxyl groups is 1. The van der Waals surface area contributed by atoms with Crippen LogP contribution in [0.5, 0.6) is 0 Å². The number of aliphatic hydroxyl groups excluding tert-OH is 1. The summed E-state index contributed by atoms with van der Waals surface area (Å²) in [6.45, 7) is 2.12. The molecule has 0 aliphatic heterocycles. The molecule has 0 radical (unpaired) electrons. The van der Waals surface area contributed by atoms with Crippen LogP contribution in [0.15, 0.2) is 11.4 Å². The van der Waals surface area contributed by atoms with Gasteiger partial charge in [-0.05, 0) is 18.4 Å². The first kappa shape index (κ1) is 11.8. The van der Waals surface area contributed by atoms with Gasteiger partial charge in [0.1, 0.15) is 6.42 Å². The third kappa shape index (κ3) is 3.74. The normalized spacial score (nSPS) is 9.20. The summed E-state index contributed by atoms with van der Waals surface area (Å²) in [6, 6.07) is 1.83. The van der Waals surface area contributed by atoms with Gasteiger partial charge in [0.05, 0.1) is 13.2 Å². The van der Waals surface area contributed by atoms with E-state index in [1.54, 1.807) is 6.92 Å². The van der Waals surface area contributed by atoms with Crippen molar-refractivity contribution in [1.29, 1.82) is 0 Å². The number of rotatable bonds is 3. The summed E-state index contributed by atoms with van der Waals surface area (Å²) >= 11 is 1.45. The van der Waals surface area contributed by atoms with Gasteiger partial charge in [-0.25, -0.2) is 0 Å². The second-order valence-electron chi connectivity index (χ2n) is 2.70. The Balaban J connectivity index is 2.54. The van der Waals surface area contributed by atoms with Crippen molar-refractivity contribution in [3.63, 3.8) is 0 Å². The van der Waals surface area contributed by atoms with Crippen LogP contribution >= 0.6 is 11.3 Å². The maximum absolute atomic E-state index is 11.0. The Morgan fingerprint density at radius 2 is 2.47 bits per heavy atom. The Morgan fingerprint density at radius 1 is 1.67 bits per heavy atom. The van der Waals surface area contributed by atoms with E-state index in [4.69, 9.17) is 9.84 Å². The minimum Gasteiger partial charge on any atom is -0.465 e. The highest BCUT2D eigenvalue weighted by Gasteiger charge is 2.00. The number of hydrogen-bond acceptors (Lipinski definition) is 4. The van der Waals surface area contributed by atoms with Gasteiger partial charge in [-0.1, -0.05) is 11.8 Å². The van der Waals surface area contributed by atoms with Crippen molar-refractivity contribution in [3.8, 4) is 11.8 Å². The van der Waals surface area contributed by atoms with Crippen LogP contribution < -0.4 is 0 Å². The van der Waals surface area contributed by atoms with E-state index in [-0.39, 0.29) is 19.0 Å². The van der Waals surface area contributed by atoms with Gasteiger partial charge in [0.25, 0.3) is 0 Å². The number of ether oxygens (including phenoxy) is 1. The molecule has 0 saturated heterocycles. The molecule has 1 aromatic heterocycles. The summed E-state index contributed by atoms with van der Waals surface area (Å²) < 4.78 is 4.73. The van der Waals surface area contributed by atoms with Crippen molar-refractivity contribution < 1.29 is 14.6 Å². The molecule has 80 valence electrons. The van der Waals surface area contributed by atoms with E-state index in [2.05, 4.69) is 11.8 Å². The summed E-state index contributed by atoms with van der Waals surface area (Å²) in [6.07, 6.45) is 0.0918. The molecule has 0 amide bonds. The minimum absolute atomic E-state index is 0.0128.